The van der Waals surface area contributed by atoms with Crippen LogP contribution in [-0.4, -0.2) is 37.6 Å². The number of benzene rings is 1. The number of nitrogens with one attached hydrogen (secondary N) is 3. The number of hydrogen-bond acceptors (Lipinski definition) is 4. The summed E-state index contributed by atoms with van der Waals surface area (Å²) in [5, 5.41) is 9.09. The lowest BCUT2D eigenvalue weighted by Crippen LogP contribution is -2.44. The van der Waals surface area contributed by atoms with Crippen molar-refractivity contribution in [2.45, 2.75) is 31.8 Å². The number of rotatable bonds is 4. The van der Waals surface area contributed by atoms with Crippen LogP contribution in [0.2, 0.25) is 0 Å². The SMILES string of the molecule is CC(NC(=O)CC1COCCN1)c1ccc2c(c1)CC(=O)N2.Cl. The Kier molecular flexibility index (Phi) is 5.98. The highest BCUT2D eigenvalue weighted by Crippen LogP contribution is 2.26. The van der Waals surface area contributed by atoms with Crippen molar-refractivity contribution in [1.29, 1.82) is 0 Å². The van der Waals surface area contributed by atoms with Crippen LogP contribution >= 0.6 is 12.4 Å². The molecular weight excluding hydrogens is 318 g/mol. The molecule has 6 nitrogen and oxygen atoms in total. The van der Waals surface area contributed by atoms with Crippen molar-refractivity contribution in [2.75, 3.05) is 25.1 Å². The van der Waals surface area contributed by atoms with E-state index >= 15 is 0 Å². The quantitative estimate of drug-likeness (QED) is 0.769. The van der Waals surface area contributed by atoms with Gasteiger partial charge in [0.15, 0.2) is 0 Å². The number of carbonyl (C=O) groups excluding carboxylic acids is 2. The van der Waals surface area contributed by atoms with Crippen LogP contribution in [0.4, 0.5) is 5.69 Å². The molecule has 2 amide bonds. The summed E-state index contributed by atoms with van der Waals surface area (Å²) < 4.78 is 5.35. The van der Waals surface area contributed by atoms with Crippen LogP contribution in [0.5, 0.6) is 0 Å². The molecule has 2 aliphatic heterocycles. The molecule has 0 aliphatic carbocycles. The second-order valence-electron chi connectivity index (χ2n) is 5.86. The molecule has 0 aromatic heterocycles. The van der Waals surface area contributed by atoms with E-state index in [4.69, 9.17) is 4.74 Å². The van der Waals surface area contributed by atoms with Crippen LogP contribution < -0.4 is 16.0 Å². The first-order chi connectivity index (χ1) is 10.6. The second-order valence-corrected chi connectivity index (χ2v) is 5.86. The minimum absolute atomic E-state index is 0. The molecule has 3 N–H and O–H groups in total. The van der Waals surface area contributed by atoms with Crippen molar-refractivity contribution in [3.05, 3.63) is 29.3 Å². The van der Waals surface area contributed by atoms with E-state index in [9.17, 15) is 9.59 Å². The summed E-state index contributed by atoms with van der Waals surface area (Å²) in [6.45, 7) is 4.03. The molecule has 1 aromatic carbocycles. The summed E-state index contributed by atoms with van der Waals surface area (Å²) in [6.07, 6.45) is 0.822. The van der Waals surface area contributed by atoms with Crippen molar-refractivity contribution in [2.24, 2.45) is 0 Å². The minimum Gasteiger partial charge on any atom is -0.378 e. The first-order valence-corrected chi connectivity index (χ1v) is 7.65. The third kappa shape index (κ3) is 4.43. The first-order valence-electron chi connectivity index (χ1n) is 7.65. The lowest BCUT2D eigenvalue weighted by Gasteiger charge is -2.24. The Bertz CT molecular complexity index is 588. The number of hydrogen-bond donors (Lipinski definition) is 3. The highest BCUT2D eigenvalue weighted by atomic mass is 35.5. The number of amides is 2. The number of ether oxygens (including phenoxy) is 1. The predicted molar refractivity (Wildman–Crippen MR) is 89.8 cm³/mol. The maximum atomic E-state index is 12.1. The molecule has 0 bridgehead atoms. The zero-order valence-electron chi connectivity index (χ0n) is 13.1. The zero-order valence-corrected chi connectivity index (χ0v) is 13.9. The van der Waals surface area contributed by atoms with Crippen LogP contribution in [0.15, 0.2) is 18.2 Å². The Balaban J connectivity index is 0.00000192. The van der Waals surface area contributed by atoms with Gasteiger partial charge in [-0.05, 0) is 24.1 Å². The molecular formula is C16H22ClN3O3. The highest BCUT2D eigenvalue weighted by molar-refractivity contribution is 5.99. The lowest BCUT2D eigenvalue weighted by molar-refractivity contribution is -0.123. The Hall–Kier alpha value is -1.63. The maximum absolute atomic E-state index is 12.1. The van der Waals surface area contributed by atoms with E-state index < -0.39 is 0 Å². The molecule has 0 saturated carbocycles. The Morgan fingerprint density at radius 3 is 3.04 bits per heavy atom. The lowest BCUT2D eigenvalue weighted by atomic mass is 10.0. The molecule has 2 heterocycles. The molecule has 2 aliphatic rings. The molecule has 1 saturated heterocycles. The van der Waals surface area contributed by atoms with Crippen LogP contribution in [0.3, 0.4) is 0 Å². The topological polar surface area (TPSA) is 79.5 Å². The summed E-state index contributed by atoms with van der Waals surface area (Å²) in [5.74, 6) is 0.0254. The molecule has 7 heteroatoms. The third-order valence-corrected chi connectivity index (χ3v) is 4.06. The fourth-order valence-electron chi connectivity index (χ4n) is 2.88. The van der Waals surface area contributed by atoms with Crippen LogP contribution in [0.25, 0.3) is 0 Å². The van der Waals surface area contributed by atoms with E-state index in [1.807, 2.05) is 25.1 Å². The molecule has 126 valence electrons. The first kappa shape index (κ1) is 17.7. The normalized spacial score (nSPS) is 20.9. The Morgan fingerprint density at radius 2 is 2.30 bits per heavy atom. The smallest absolute Gasteiger partial charge is 0.228 e. The van der Waals surface area contributed by atoms with Gasteiger partial charge in [0.2, 0.25) is 11.8 Å². The van der Waals surface area contributed by atoms with Gasteiger partial charge < -0.3 is 20.7 Å². The minimum atomic E-state index is -0.0852. The van der Waals surface area contributed by atoms with E-state index in [1.165, 1.54) is 0 Å². The van der Waals surface area contributed by atoms with Crippen LogP contribution in [0.1, 0.15) is 30.5 Å². The van der Waals surface area contributed by atoms with Crippen molar-refractivity contribution in [3.63, 3.8) is 0 Å². The molecule has 0 spiro atoms. The van der Waals surface area contributed by atoms with Crippen molar-refractivity contribution < 1.29 is 14.3 Å². The van der Waals surface area contributed by atoms with Gasteiger partial charge in [0.1, 0.15) is 0 Å². The highest BCUT2D eigenvalue weighted by Gasteiger charge is 2.21. The van der Waals surface area contributed by atoms with E-state index in [1.54, 1.807) is 0 Å². The van der Waals surface area contributed by atoms with E-state index in [-0.39, 0.29) is 36.3 Å². The molecule has 0 radical (unpaired) electrons. The zero-order chi connectivity index (χ0) is 15.5. The van der Waals surface area contributed by atoms with Crippen LogP contribution in [0, 0.1) is 0 Å². The van der Waals surface area contributed by atoms with Gasteiger partial charge in [-0.3, -0.25) is 9.59 Å². The molecule has 3 rings (SSSR count). The molecule has 2 atom stereocenters. The average molecular weight is 340 g/mol. The largest absolute Gasteiger partial charge is 0.378 e. The van der Waals surface area contributed by atoms with Crippen molar-refractivity contribution >= 4 is 29.9 Å². The monoisotopic (exact) mass is 339 g/mol. The maximum Gasteiger partial charge on any atom is 0.228 e. The number of fused-ring (bicyclic) bond motifs is 1. The molecule has 1 fully saturated rings. The van der Waals surface area contributed by atoms with Gasteiger partial charge in [-0.2, -0.15) is 0 Å². The van der Waals surface area contributed by atoms with Gasteiger partial charge in [0.05, 0.1) is 25.7 Å². The van der Waals surface area contributed by atoms with E-state index in [0.717, 1.165) is 23.4 Å². The molecule has 23 heavy (non-hydrogen) atoms. The summed E-state index contributed by atoms with van der Waals surface area (Å²) in [4.78, 5) is 23.5. The van der Waals surface area contributed by atoms with E-state index in [0.29, 0.717) is 26.1 Å². The third-order valence-electron chi connectivity index (χ3n) is 4.06. The van der Waals surface area contributed by atoms with Gasteiger partial charge in [-0.15, -0.1) is 12.4 Å². The fraction of sp³-hybridized carbons (Fsp3) is 0.500. The van der Waals surface area contributed by atoms with Crippen molar-refractivity contribution in [1.82, 2.24) is 10.6 Å². The van der Waals surface area contributed by atoms with E-state index in [2.05, 4.69) is 16.0 Å². The Labute approximate surface area is 141 Å². The number of morpholine rings is 1. The van der Waals surface area contributed by atoms with Crippen molar-refractivity contribution in [3.8, 4) is 0 Å². The molecule has 1 aromatic rings. The van der Waals surface area contributed by atoms with Gasteiger partial charge >= 0.3 is 0 Å². The number of anilines is 1. The number of halogens is 1. The second kappa shape index (κ2) is 7.77. The van der Waals surface area contributed by atoms with Gasteiger partial charge in [0.25, 0.3) is 0 Å². The summed E-state index contributed by atoms with van der Waals surface area (Å²) in [7, 11) is 0. The molecule has 2 unspecified atom stereocenters. The summed E-state index contributed by atoms with van der Waals surface area (Å²) in [6, 6.07) is 5.83. The summed E-state index contributed by atoms with van der Waals surface area (Å²) >= 11 is 0. The van der Waals surface area contributed by atoms with Gasteiger partial charge in [-0.1, -0.05) is 12.1 Å². The fourth-order valence-corrected chi connectivity index (χ4v) is 2.88. The van der Waals surface area contributed by atoms with Gasteiger partial charge in [0, 0.05) is 24.7 Å². The average Bonchev–Trinajstić information content (AvgIpc) is 2.87. The van der Waals surface area contributed by atoms with Gasteiger partial charge in [-0.25, -0.2) is 0 Å². The number of carbonyl (C=O) groups is 2. The standard InChI is InChI=1S/C16H21N3O3.ClH/c1-10(18-16(21)8-13-9-22-5-4-17-13)11-2-3-14-12(6-11)7-15(20)19-14;/h2-3,6,10,13,17H,4-5,7-9H2,1H3,(H,18,21)(H,19,20);1H. The Morgan fingerprint density at radius 1 is 1.48 bits per heavy atom. The van der Waals surface area contributed by atoms with Crippen LogP contribution in [-0.2, 0) is 20.7 Å². The summed E-state index contributed by atoms with van der Waals surface area (Å²) in [5.41, 5.74) is 2.87. The predicted octanol–water partition coefficient (Wildman–Crippen LogP) is 1.16.